The summed E-state index contributed by atoms with van der Waals surface area (Å²) in [6.07, 6.45) is -0.335. The van der Waals surface area contributed by atoms with Crippen LogP contribution in [0.25, 0.3) is 0 Å². The van der Waals surface area contributed by atoms with Crippen molar-refractivity contribution in [1.29, 1.82) is 0 Å². The lowest BCUT2D eigenvalue weighted by molar-refractivity contribution is -0.145. The Morgan fingerprint density at radius 2 is 1.79 bits per heavy atom. The van der Waals surface area contributed by atoms with Crippen LogP contribution in [0, 0.1) is 0 Å². The normalized spacial score (nSPS) is 9.58. The van der Waals surface area contributed by atoms with Gasteiger partial charge in [-0.2, -0.15) is 0 Å². The van der Waals surface area contributed by atoms with Gasteiger partial charge in [-0.05, 0) is 25.1 Å². The maximum atomic E-state index is 11.5. The number of hydrogen-bond acceptors (Lipinski definition) is 4. The van der Waals surface area contributed by atoms with E-state index in [-0.39, 0.29) is 18.9 Å². The maximum Gasteiger partial charge on any atom is 0.315 e. The molecule has 0 aliphatic heterocycles. The standard InChI is InChI=1S/C13H16N2O4/c1-3-19-13(18)8-12(17)15-11-6-4-5-10(7-11)14-9(2)16/h4-7H,3,8H2,1-2H3,(H,14,16)(H,15,17). The Morgan fingerprint density at radius 3 is 2.37 bits per heavy atom. The number of carbonyl (C=O) groups is 3. The van der Waals surface area contributed by atoms with E-state index in [1.165, 1.54) is 6.92 Å². The van der Waals surface area contributed by atoms with Gasteiger partial charge in [0.05, 0.1) is 6.61 Å². The molecule has 0 aliphatic rings. The Labute approximate surface area is 111 Å². The summed E-state index contributed by atoms with van der Waals surface area (Å²) in [4.78, 5) is 33.6. The molecule has 0 bridgehead atoms. The second-order valence-electron chi connectivity index (χ2n) is 3.79. The van der Waals surface area contributed by atoms with Gasteiger partial charge < -0.3 is 15.4 Å². The Kier molecular flexibility index (Phi) is 5.53. The molecule has 0 unspecified atom stereocenters. The molecule has 102 valence electrons. The van der Waals surface area contributed by atoms with Crippen LogP contribution in [0.2, 0.25) is 0 Å². The number of nitrogens with one attached hydrogen (secondary N) is 2. The average molecular weight is 264 g/mol. The summed E-state index contributed by atoms with van der Waals surface area (Å²) >= 11 is 0. The van der Waals surface area contributed by atoms with Gasteiger partial charge in [-0.15, -0.1) is 0 Å². The maximum absolute atomic E-state index is 11.5. The smallest absolute Gasteiger partial charge is 0.315 e. The third kappa shape index (κ3) is 5.67. The predicted molar refractivity (Wildman–Crippen MR) is 70.6 cm³/mol. The second kappa shape index (κ2) is 7.15. The Bertz CT molecular complexity index is 485. The Morgan fingerprint density at radius 1 is 1.16 bits per heavy atom. The SMILES string of the molecule is CCOC(=O)CC(=O)Nc1cccc(NC(C)=O)c1. The number of rotatable bonds is 5. The number of anilines is 2. The van der Waals surface area contributed by atoms with E-state index in [1.807, 2.05) is 0 Å². The minimum atomic E-state index is -0.571. The Balaban J connectivity index is 2.59. The first-order valence-electron chi connectivity index (χ1n) is 5.84. The van der Waals surface area contributed by atoms with Gasteiger partial charge in [0, 0.05) is 18.3 Å². The lowest BCUT2D eigenvalue weighted by Crippen LogP contribution is -2.18. The fourth-order valence-electron chi connectivity index (χ4n) is 1.43. The molecule has 0 aliphatic carbocycles. The van der Waals surface area contributed by atoms with Crippen molar-refractivity contribution in [2.24, 2.45) is 0 Å². The minimum Gasteiger partial charge on any atom is -0.466 e. The molecule has 0 spiro atoms. The molecule has 1 aromatic carbocycles. The van der Waals surface area contributed by atoms with Gasteiger partial charge in [0.2, 0.25) is 11.8 Å². The molecular weight excluding hydrogens is 248 g/mol. The lowest BCUT2D eigenvalue weighted by atomic mass is 10.2. The Hall–Kier alpha value is -2.37. The highest BCUT2D eigenvalue weighted by molar-refractivity contribution is 6.02. The van der Waals surface area contributed by atoms with E-state index in [0.29, 0.717) is 11.4 Å². The molecule has 0 heterocycles. The lowest BCUT2D eigenvalue weighted by Gasteiger charge is -2.07. The minimum absolute atomic E-state index is 0.199. The van der Waals surface area contributed by atoms with Crippen molar-refractivity contribution in [2.45, 2.75) is 20.3 Å². The van der Waals surface area contributed by atoms with Gasteiger partial charge >= 0.3 is 5.97 Å². The zero-order valence-electron chi connectivity index (χ0n) is 10.9. The summed E-state index contributed by atoms with van der Waals surface area (Å²) in [7, 11) is 0. The first-order chi connectivity index (χ1) is 9.01. The van der Waals surface area contributed by atoms with Crippen molar-refractivity contribution >= 4 is 29.2 Å². The molecule has 0 saturated carbocycles. The van der Waals surface area contributed by atoms with Crippen LogP contribution in [0.15, 0.2) is 24.3 Å². The van der Waals surface area contributed by atoms with E-state index in [4.69, 9.17) is 0 Å². The fourth-order valence-corrected chi connectivity index (χ4v) is 1.43. The van der Waals surface area contributed by atoms with Crippen LogP contribution >= 0.6 is 0 Å². The first kappa shape index (κ1) is 14.7. The van der Waals surface area contributed by atoms with E-state index in [0.717, 1.165) is 0 Å². The third-order valence-electron chi connectivity index (χ3n) is 2.08. The van der Waals surface area contributed by atoms with Gasteiger partial charge in [0.25, 0.3) is 0 Å². The number of hydrogen-bond donors (Lipinski definition) is 2. The highest BCUT2D eigenvalue weighted by Gasteiger charge is 2.10. The topological polar surface area (TPSA) is 84.5 Å². The summed E-state index contributed by atoms with van der Waals surface area (Å²) in [6, 6.07) is 6.65. The van der Waals surface area contributed by atoms with Crippen molar-refractivity contribution in [2.75, 3.05) is 17.2 Å². The molecule has 19 heavy (non-hydrogen) atoms. The van der Waals surface area contributed by atoms with E-state index >= 15 is 0 Å². The zero-order valence-corrected chi connectivity index (χ0v) is 10.9. The van der Waals surface area contributed by atoms with Crippen LogP contribution in [-0.2, 0) is 19.1 Å². The quantitative estimate of drug-likeness (QED) is 0.624. The largest absolute Gasteiger partial charge is 0.466 e. The number of amides is 2. The summed E-state index contributed by atoms with van der Waals surface area (Å²) in [5, 5.41) is 5.15. The molecule has 0 saturated heterocycles. The van der Waals surface area contributed by atoms with E-state index in [9.17, 15) is 14.4 Å². The van der Waals surface area contributed by atoms with Crippen molar-refractivity contribution in [3.8, 4) is 0 Å². The second-order valence-corrected chi connectivity index (χ2v) is 3.79. The van der Waals surface area contributed by atoms with Crippen molar-refractivity contribution in [3.05, 3.63) is 24.3 Å². The molecule has 0 atom stereocenters. The molecule has 0 aromatic heterocycles. The molecule has 1 aromatic rings. The van der Waals surface area contributed by atoms with Gasteiger partial charge in [-0.25, -0.2) is 0 Å². The van der Waals surface area contributed by atoms with Gasteiger partial charge in [0.15, 0.2) is 0 Å². The van der Waals surface area contributed by atoms with Gasteiger partial charge in [-0.1, -0.05) is 6.07 Å². The van der Waals surface area contributed by atoms with Crippen LogP contribution in [0.4, 0.5) is 11.4 Å². The molecule has 6 heteroatoms. The van der Waals surface area contributed by atoms with Crippen LogP contribution in [0.5, 0.6) is 0 Å². The zero-order chi connectivity index (χ0) is 14.3. The summed E-state index contributed by atoms with van der Waals surface area (Å²) < 4.78 is 4.67. The molecule has 0 radical (unpaired) electrons. The van der Waals surface area contributed by atoms with Gasteiger partial charge in [-0.3, -0.25) is 14.4 Å². The third-order valence-corrected chi connectivity index (χ3v) is 2.08. The molecule has 1 rings (SSSR count). The van der Waals surface area contributed by atoms with Crippen molar-refractivity contribution in [3.63, 3.8) is 0 Å². The van der Waals surface area contributed by atoms with Crippen molar-refractivity contribution < 1.29 is 19.1 Å². The van der Waals surface area contributed by atoms with Crippen LogP contribution < -0.4 is 10.6 Å². The summed E-state index contributed by atoms with van der Waals surface area (Å²) in [5.74, 6) is -1.23. The van der Waals surface area contributed by atoms with E-state index in [1.54, 1.807) is 31.2 Å². The molecular formula is C13H16N2O4. The monoisotopic (exact) mass is 264 g/mol. The van der Waals surface area contributed by atoms with Crippen LogP contribution in [0.3, 0.4) is 0 Å². The number of benzene rings is 1. The molecule has 2 N–H and O–H groups in total. The highest BCUT2D eigenvalue weighted by atomic mass is 16.5. The van der Waals surface area contributed by atoms with E-state index in [2.05, 4.69) is 15.4 Å². The predicted octanol–water partition coefficient (Wildman–Crippen LogP) is 1.54. The molecule has 6 nitrogen and oxygen atoms in total. The fraction of sp³-hybridized carbons (Fsp3) is 0.308. The van der Waals surface area contributed by atoms with Gasteiger partial charge in [0.1, 0.15) is 6.42 Å². The summed E-state index contributed by atoms with van der Waals surface area (Å²) in [6.45, 7) is 3.31. The average Bonchev–Trinajstić information content (AvgIpc) is 2.28. The molecule has 0 fully saturated rings. The van der Waals surface area contributed by atoms with Crippen molar-refractivity contribution in [1.82, 2.24) is 0 Å². The number of ether oxygens (including phenoxy) is 1. The number of esters is 1. The first-order valence-corrected chi connectivity index (χ1v) is 5.84. The van der Waals surface area contributed by atoms with Crippen LogP contribution in [-0.4, -0.2) is 24.4 Å². The summed E-state index contributed by atoms with van der Waals surface area (Å²) in [5.41, 5.74) is 1.07. The highest BCUT2D eigenvalue weighted by Crippen LogP contribution is 2.15. The van der Waals surface area contributed by atoms with Crippen LogP contribution in [0.1, 0.15) is 20.3 Å². The van der Waals surface area contributed by atoms with E-state index < -0.39 is 11.9 Å². The number of carbonyl (C=O) groups excluding carboxylic acids is 3. The molecule has 2 amide bonds.